The Morgan fingerprint density at radius 3 is 2.78 bits per heavy atom. The van der Waals surface area contributed by atoms with Crippen molar-refractivity contribution < 1.29 is 0 Å². The number of rotatable bonds is 4. The zero-order valence-corrected chi connectivity index (χ0v) is 13.1. The SMILES string of the molecule is Cc1cccc(C(N)=S)c1NCc1ccc(Br)s1. The average Bonchev–Trinajstić information content (AvgIpc) is 2.73. The molecule has 0 spiro atoms. The maximum Gasteiger partial charge on any atom is 0.106 e. The Bertz CT molecular complexity index is 578. The second-order valence-corrected chi connectivity index (χ2v) is 6.91. The van der Waals surface area contributed by atoms with Crippen molar-refractivity contribution in [2.24, 2.45) is 5.73 Å². The molecule has 0 saturated carbocycles. The summed E-state index contributed by atoms with van der Waals surface area (Å²) in [6.45, 7) is 2.82. The molecule has 0 amide bonds. The van der Waals surface area contributed by atoms with Crippen molar-refractivity contribution in [3.63, 3.8) is 0 Å². The molecule has 2 rings (SSSR count). The van der Waals surface area contributed by atoms with Gasteiger partial charge in [0.05, 0.1) is 3.79 Å². The molecule has 0 saturated heterocycles. The van der Waals surface area contributed by atoms with E-state index in [2.05, 4.69) is 40.3 Å². The molecular weight excluding hydrogens is 328 g/mol. The van der Waals surface area contributed by atoms with Gasteiger partial charge >= 0.3 is 0 Å². The molecule has 1 aromatic carbocycles. The molecule has 0 fully saturated rings. The summed E-state index contributed by atoms with van der Waals surface area (Å²) < 4.78 is 1.14. The van der Waals surface area contributed by atoms with Crippen LogP contribution in [0.4, 0.5) is 5.69 Å². The Balaban J connectivity index is 2.20. The summed E-state index contributed by atoms with van der Waals surface area (Å²) in [7, 11) is 0. The van der Waals surface area contributed by atoms with E-state index in [1.54, 1.807) is 11.3 Å². The second kappa shape index (κ2) is 5.82. The van der Waals surface area contributed by atoms with E-state index in [0.717, 1.165) is 27.1 Å². The molecular formula is C13H13BrN2S2. The molecule has 2 nitrogen and oxygen atoms in total. The molecule has 2 aromatic rings. The molecule has 0 bridgehead atoms. The van der Waals surface area contributed by atoms with Gasteiger partial charge in [0.25, 0.3) is 0 Å². The van der Waals surface area contributed by atoms with Crippen LogP contribution in [0.3, 0.4) is 0 Å². The highest BCUT2D eigenvalue weighted by atomic mass is 79.9. The number of benzene rings is 1. The third kappa shape index (κ3) is 3.10. The lowest BCUT2D eigenvalue weighted by Gasteiger charge is -2.13. The molecule has 1 aromatic heterocycles. The minimum atomic E-state index is 0.425. The zero-order valence-electron chi connectivity index (χ0n) is 9.87. The maximum absolute atomic E-state index is 5.74. The number of hydrogen-bond donors (Lipinski definition) is 2. The van der Waals surface area contributed by atoms with Gasteiger partial charge in [0.2, 0.25) is 0 Å². The van der Waals surface area contributed by atoms with Crippen LogP contribution < -0.4 is 11.1 Å². The van der Waals surface area contributed by atoms with Gasteiger partial charge in [0.15, 0.2) is 0 Å². The first kappa shape index (κ1) is 13.5. The standard InChI is InChI=1S/C13H13BrN2S2/c1-8-3-2-4-10(13(15)17)12(8)16-7-9-5-6-11(14)18-9/h2-6,16H,7H2,1H3,(H2,15,17). The molecule has 5 heteroatoms. The topological polar surface area (TPSA) is 38.0 Å². The summed E-state index contributed by atoms with van der Waals surface area (Å²) in [5, 5.41) is 3.41. The number of nitrogens with two attached hydrogens (primary N) is 1. The number of nitrogens with one attached hydrogen (secondary N) is 1. The summed E-state index contributed by atoms with van der Waals surface area (Å²) in [6.07, 6.45) is 0. The van der Waals surface area contributed by atoms with E-state index in [1.807, 2.05) is 18.2 Å². The summed E-state index contributed by atoms with van der Waals surface area (Å²) in [5.74, 6) is 0. The van der Waals surface area contributed by atoms with Crippen LogP contribution in [0.1, 0.15) is 16.0 Å². The van der Waals surface area contributed by atoms with Crippen molar-refractivity contribution >= 4 is 50.2 Å². The predicted octanol–water partition coefficient (Wildman–Crippen LogP) is 4.07. The molecule has 18 heavy (non-hydrogen) atoms. The lowest BCUT2D eigenvalue weighted by atomic mass is 10.1. The largest absolute Gasteiger partial charge is 0.389 e. The fraction of sp³-hybridized carbons (Fsp3) is 0.154. The Labute approximate surface area is 124 Å². The lowest BCUT2D eigenvalue weighted by Crippen LogP contribution is -2.13. The molecule has 94 valence electrons. The van der Waals surface area contributed by atoms with Crippen molar-refractivity contribution in [2.75, 3.05) is 5.32 Å². The molecule has 1 heterocycles. The molecule has 0 unspecified atom stereocenters. The Morgan fingerprint density at radius 2 is 2.17 bits per heavy atom. The molecule has 0 aliphatic heterocycles. The minimum Gasteiger partial charge on any atom is -0.389 e. The van der Waals surface area contributed by atoms with E-state index in [1.165, 1.54) is 4.88 Å². The van der Waals surface area contributed by atoms with Crippen molar-refractivity contribution in [3.8, 4) is 0 Å². The predicted molar refractivity (Wildman–Crippen MR) is 86.4 cm³/mol. The third-order valence-corrected chi connectivity index (χ3v) is 4.45. The fourth-order valence-electron chi connectivity index (χ4n) is 1.73. The van der Waals surface area contributed by atoms with E-state index < -0.39 is 0 Å². The quantitative estimate of drug-likeness (QED) is 0.824. The first-order valence-electron chi connectivity index (χ1n) is 5.45. The van der Waals surface area contributed by atoms with Gasteiger partial charge < -0.3 is 11.1 Å². The monoisotopic (exact) mass is 340 g/mol. The van der Waals surface area contributed by atoms with E-state index in [-0.39, 0.29) is 0 Å². The summed E-state index contributed by atoms with van der Waals surface area (Å²) in [6, 6.07) is 10.1. The highest BCUT2D eigenvalue weighted by Gasteiger charge is 2.08. The van der Waals surface area contributed by atoms with Gasteiger partial charge in [-0.25, -0.2) is 0 Å². The van der Waals surface area contributed by atoms with Crippen LogP contribution >= 0.6 is 39.5 Å². The number of thiocarbonyl (C=S) groups is 1. The van der Waals surface area contributed by atoms with Crippen LogP contribution in [0.15, 0.2) is 34.1 Å². The number of halogens is 1. The molecule has 0 atom stereocenters. The van der Waals surface area contributed by atoms with Gasteiger partial charge in [0.1, 0.15) is 4.99 Å². The van der Waals surface area contributed by atoms with Gasteiger partial charge in [-0.15, -0.1) is 11.3 Å². The van der Waals surface area contributed by atoms with Gasteiger partial charge in [-0.3, -0.25) is 0 Å². The van der Waals surface area contributed by atoms with Crippen LogP contribution in [-0.4, -0.2) is 4.99 Å². The highest BCUT2D eigenvalue weighted by Crippen LogP contribution is 2.25. The molecule has 0 aliphatic carbocycles. The number of thiophene rings is 1. The minimum absolute atomic E-state index is 0.425. The number of anilines is 1. The molecule has 0 aliphatic rings. The van der Waals surface area contributed by atoms with Crippen molar-refractivity contribution in [2.45, 2.75) is 13.5 Å². The number of para-hydroxylation sites is 1. The van der Waals surface area contributed by atoms with Crippen LogP contribution in [-0.2, 0) is 6.54 Å². The van der Waals surface area contributed by atoms with E-state index in [4.69, 9.17) is 18.0 Å². The molecule has 0 radical (unpaired) electrons. The van der Waals surface area contributed by atoms with Crippen molar-refractivity contribution in [3.05, 3.63) is 50.1 Å². The third-order valence-electron chi connectivity index (χ3n) is 2.61. The highest BCUT2D eigenvalue weighted by molar-refractivity contribution is 9.11. The zero-order chi connectivity index (χ0) is 13.1. The fourth-order valence-corrected chi connectivity index (χ4v) is 3.32. The normalized spacial score (nSPS) is 10.3. The van der Waals surface area contributed by atoms with E-state index in [0.29, 0.717) is 4.99 Å². The van der Waals surface area contributed by atoms with Crippen LogP contribution in [0.5, 0.6) is 0 Å². The summed E-state index contributed by atoms with van der Waals surface area (Å²) in [4.78, 5) is 1.69. The van der Waals surface area contributed by atoms with Gasteiger partial charge in [0, 0.05) is 22.7 Å². The molecule has 3 N–H and O–H groups in total. The maximum atomic E-state index is 5.74. The number of aryl methyl sites for hydroxylation is 1. The van der Waals surface area contributed by atoms with E-state index in [9.17, 15) is 0 Å². The summed E-state index contributed by atoms with van der Waals surface area (Å²) in [5.41, 5.74) is 8.82. The lowest BCUT2D eigenvalue weighted by molar-refractivity contribution is 1.18. The smallest absolute Gasteiger partial charge is 0.106 e. The van der Waals surface area contributed by atoms with Gasteiger partial charge in [-0.05, 0) is 46.6 Å². The van der Waals surface area contributed by atoms with Crippen molar-refractivity contribution in [1.82, 2.24) is 0 Å². The van der Waals surface area contributed by atoms with Gasteiger partial charge in [-0.1, -0.05) is 24.4 Å². The Morgan fingerprint density at radius 1 is 1.39 bits per heavy atom. The Hall–Kier alpha value is -0.910. The first-order chi connectivity index (χ1) is 8.58. The Kier molecular flexibility index (Phi) is 4.37. The second-order valence-electron chi connectivity index (χ2n) is 3.92. The number of hydrogen-bond acceptors (Lipinski definition) is 3. The average molecular weight is 341 g/mol. The van der Waals surface area contributed by atoms with Crippen molar-refractivity contribution in [1.29, 1.82) is 0 Å². The van der Waals surface area contributed by atoms with Gasteiger partial charge in [-0.2, -0.15) is 0 Å². The first-order valence-corrected chi connectivity index (χ1v) is 7.47. The van der Waals surface area contributed by atoms with Crippen LogP contribution in [0, 0.1) is 6.92 Å². The van der Waals surface area contributed by atoms with E-state index >= 15 is 0 Å². The van der Waals surface area contributed by atoms with Crippen LogP contribution in [0.2, 0.25) is 0 Å². The van der Waals surface area contributed by atoms with Crippen LogP contribution in [0.25, 0.3) is 0 Å². The summed E-state index contributed by atoms with van der Waals surface area (Å²) >= 11 is 10.3.